The lowest BCUT2D eigenvalue weighted by molar-refractivity contribution is -0.142. The third-order valence-electron chi connectivity index (χ3n) is 3.01. The lowest BCUT2D eigenvalue weighted by Gasteiger charge is -2.29. The zero-order valence-corrected chi connectivity index (χ0v) is 10.4. The highest BCUT2D eigenvalue weighted by atomic mass is 32.1. The Morgan fingerprint density at radius 3 is 3.06 bits per heavy atom. The van der Waals surface area contributed by atoms with E-state index >= 15 is 0 Å². The fraction of sp³-hybridized carbons (Fsp3) is 0.636. The number of carboxylic acid groups (broad SMARTS) is 1. The Kier molecular flexibility index (Phi) is 3.25. The van der Waals surface area contributed by atoms with E-state index < -0.39 is 12.0 Å². The van der Waals surface area contributed by atoms with Gasteiger partial charge in [-0.1, -0.05) is 6.92 Å². The van der Waals surface area contributed by atoms with Gasteiger partial charge in [-0.3, -0.25) is 9.69 Å². The zero-order chi connectivity index (χ0) is 11.7. The van der Waals surface area contributed by atoms with E-state index in [1.54, 1.807) is 18.3 Å². The van der Waals surface area contributed by atoms with Crippen molar-refractivity contribution in [3.05, 3.63) is 15.6 Å². The molecule has 1 aromatic heterocycles. The predicted molar refractivity (Wildman–Crippen MR) is 62.7 cm³/mol. The predicted octanol–water partition coefficient (Wildman–Crippen LogP) is 1.54. The van der Waals surface area contributed by atoms with Crippen LogP contribution in [0.1, 0.15) is 29.4 Å². The van der Waals surface area contributed by atoms with Crippen LogP contribution in [0.25, 0.3) is 0 Å². The second-order valence-corrected chi connectivity index (χ2v) is 5.23. The van der Waals surface area contributed by atoms with Gasteiger partial charge in [0.1, 0.15) is 6.04 Å². The first kappa shape index (κ1) is 11.5. The van der Waals surface area contributed by atoms with E-state index in [9.17, 15) is 4.79 Å². The highest BCUT2D eigenvalue weighted by Crippen LogP contribution is 2.26. The molecule has 0 saturated carbocycles. The number of hydrogen-bond acceptors (Lipinski definition) is 4. The molecule has 0 radical (unpaired) electrons. The van der Waals surface area contributed by atoms with Crippen molar-refractivity contribution in [3.8, 4) is 0 Å². The second kappa shape index (κ2) is 4.51. The highest BCUT2D eigenvalue weighted by Gasteiger charge is 2.26. The smallest absolute Gasteiger partial charge is 0.320 e. The molecule has 0 fully saturated rings. The molecule has 0 spiro atoms. The van der Waals surface area contributed by atoms with E-state index in [-0.39, 0.29) is 0 Å². The first-order valence-corrected chi connectivity index (χ1v) is 6.37. The summed E-state index contributed by atoms with van der Waals surface area (Å²) < 4.78 is 0. The van der Waals surface area contributed by atoms with Crippen molar-refractivity contribution in [1.29, 1.82) is 0 Å². The molecule has 16 heavy (non-hydrogen) atoms. The van der Waals surface area contributed by atoms with Crippen LogP contribution in [-0.4, -0.2) is 33.5 Å². The Balaban J connectivity index is 2.14. The Hall–Kier alpha value is -0.940. The average Bonchev–Trinajstić information content (AvgIpc) is 2.69. The topological polar surface area (TPSA) is 53.4 Å². The minimum absolute atomic E-state index is 0.402. The summed E-state index contributed by atoms with van der Waals surface area (Å²) in [5.74, 6) is -0.747. The zero-order valence-electron chi connectivity index (χ0n) is 9.56. The van der Waals surface area contributed by atoms with Crippen molar-refractivity contribution in [1.82, 2.24) is 9.88 Å². The lowest BCUT2D eigenvalue weighted by Crippen LogP contribution is -2.41. The summed E-state index contributed by atoms with van der Waals surface area (Å²) in [6.07, 6.45) is 1.84. The van der Waals surface area contributed by atoms with Gasteiger partial charge < -0.3 is 5.11 Å². The molecule has 1 atom stereocenters. The van der Waals surface area contributed by atoms with Gasteiger partial charge in [-0.05, 0) is 13.3 Å². The molecule has 1 aliphatic heterocycles. The summed E-state index contributed by atoms with van der Waals surface area (Å²) >= 11 is 1.72. The van der Waals surface area contributed by atoms with E-state index in [2.05, 4.69) is 11.9 Å². The first-order valence-electron chi connectivity index (χ1n) is 5.56. The number of aryl methyl sites for hydroxylation is 1. The summed E-state index contributed by atoms with van der Waals surface area (Å²) in [4.78, 5) is 18.7. The maximum Gasteiger partial charge on any atom is 0.320 e. The van der Waals surface area contributed by atoms with Crippen LogP contribution in [0.15, 0.2) is 0 Å². The van der Waals surface area contributed by atoms with Gasteiger partial charge in [0.25, 0.3) is 0 Å². The molecule has 1 aliphatic rings. The van der Waals surface area contributed by atoms with Gasteiger partial charge in [0.15, 0.2) is 0 Å². The van der Waals surface area contributed by atoms with Gasteiger partial charge in [-0.15, -0.1) is 11.3 Å². The van der Waals surface area contributed by atoms with Crippen LogP contribution >= 0.6 is 11.3 Å². The minimum atomic E-state index is -0.747. The number of thiazole rings is 1. The summed E-state index contributed by atoms with van der Waals surface area (Å²) in [7, 11) is 0. The molecule has 0 bridgehead atoms. The first-order chi connectivity index (χ1) is 7.61. The van der Waals surface area contributed by atoms with Crippen LogP contribution < -0.4 is 0 Å². The number of rotatable bonds is 3. The maximum absolute atomic E-state index is 10.9. The minimum Gasteiger partial charge on any atom is -0.480 e. The molecule has 0 amide bonds. The van der Waals surface area contributed by atoms with Crippen molar-refractivity contribution in [2.75, 3.05) is 6.54 Å². The third kappa shape index (κ3) is 2.10. The number of aromatic nitrogens is 1. The van der Waals surface area contributed by atoms with E-state index in [1.165, 1.54) is 10.6 Å². The molecule has 2 heterocycles. The van der Waals surface area contributed by atoms with E-state index in [1.807, 2.05) is 4.90 Å². The summed E-state index contributed by atoms with van der Waals surface area (Å²) in [5, 5.41) is 10.1. The van der Waals surface area contributed by atoms with Crippen LogP contribution in [0.5, 0.6) is 0 Å². The van der Waals surface area contributed by atoms with Gasteiger partial charge in [0, 0.05) is 24.4 Å². The molecular weight excluding hydrogens is 224 g/mol. The summed E-state index contributed by atoms with van der Waals surface area (Å²) in [5.41, 5.74) is 1.18. The van der Waals surface area contributed by atoms with Crippen LogP contribution in [0.3, 0.4) is 0 Å². The second-order valence-electron chi connectivity index (χ2n) is 4.07. The average molecular weight is 240 g/mol. The number of hydrogen-bond donors (Lipinski definition) is 1. The Morgan fingerprint density at radius 2 is 2.44 bits per heavy atom. The van der Waals surface area contributed by atoms with Gasteiger partial charge in [0.2, 0.25) is 0 Å². The molecule has 1 aromatic rings. The number of fused-ring (bicyclic) bond motifs is 1. The Labute approximate surface area is 98.9 Å². The molecule has 1 N–H and O–H groups in total. The van der Waals surface area contributed by atoms with Crippen LogP contribution in [0.2, 0.25) is 0 Å². The van der Waals surface area contributed by atoms with Crippen LogP contribution in [0.4, 0.5) is 0 Å². The molecule has 0 aliphatic carbocycles. The molecule has 2 rings (SSSR count). The fourth-order valence-electron chi connectivity index (χ4n) is 1.91. The molecule has 5 heteroatoms. The number of carbonyl (C=O) groups is 1. The Morgan fingerprint density at radius 1 is 1.69 bits per heavy atom. The third-order valence-corrected chi connectivity index (χ3v) is 4.24. The van der Waals surface area contributed by atoms with Crippen molar-refractivity contribution >= 4 is 17.3 Å². The SMILES string of the molecule is CCc1nc2c(s1)CN(C(C)C(=O)O)CC2. The standard InChI is InChI=1S/C11H16N2O2S/c1-3-10-12-8-4-5-13(6-9(8)16-10)7(2)11(14)15/h7H,3-6H2,1-2H3,(H,14,15). The highest BCUT2D eigenvalue weighted by molar-refractivity contribution is 7.11. The summed E-state index contributed by atoms with van der Waals surface area (Å²) in [6, 6.07) is -0.402. The normalized spacial score (nSPS) is 18.1. The van der Waals surface area contributed by atoms with Crippen molar-refractivity contribution in [3.63, 3.8) is 0 Å². The maximum atomic E-state index is 10.9. The summed E-state index contributed by atoms with van der Waals surface area (Å²) in [6.45, 7) is 5.38. The lowest BCUT2D eigenvalue weighted by atomic mass is 10.1. The quantitative estimate of drug-likeness (QED) is 0.870. The fourth-order valence-corrected chi connectivity index (χ4v) is 2.99. The largest absolute Gasteiger partial charge is 0.480 e. The van der Waals surface area contributed by atoms with Gasteiger partial charge >= 0.3 is 5.97 Å². The molecule has 4 nitrogen and oxygen atoms in total. The monoisotopic (exact) mass is 240 g/mol. The van der Waals surface area contributed by atoms with Gasteiger partial charge in [-0.25, -0.2) is 4.98 Å². The van der Waals surface area contributed by atoms with Crippen molar-refractivity contribution < 1.29 is 9.90 Å². The number of aliphatic carboxylic acids is 1. The van der Waals surface area contributed by atoms with Crippen molar-refractivity contribution in [2.45, 2.75) is 39.3 Å². The molecule has 0 saturated heterocycles. The van der Waals surface area contributed by atoms with Crippen molar-refractivity contribution in [2.24, 2.45) is 0 Å². The molecule has 0 aromatic carbocycles. The van der Waals surface area contributed by atoms with Gasteiger partial charge in [-0.2, -0.15) is 0 Å². The van der Waals surface area contributed by atoms with Crippen LogP contribution in [0, 0.1) is 0 Å². The van der Waals surface area contributed by atoms with Crippen LogP contribution in [-0.2, 0) is 24.2 Å². The Bertz CT molecular complexity index is 403. The molecule has 88 valence electrons. The molecule has 1 unspecified atom stereocenters. The van der Waals surface area contributed by atoms with E-state index in [0.717, 1.165) is 30.9 Å². The molecular formula is C11H16N2O2S. The van der Waals surface area contributed by atoms with E-state index in [0.29, 0.717) is 0 Å². The van der Waals surface area contributed by atoms with Gasteiger partial charge in [0.05, 0.1) is 10.7 Å². The number of carboxylic acids is 1. The van der Waals surface area contributed by atoms with E-state index in [4.69, 9.17) is 5.11 Å². The number of nitrogens with zero attached hydrogens (tertiary/aromatic N) is 2.